The standard InChI is InChI=1S/C28H28N4O5/c33-23-9-12-37-24-7-5-18(14-21(23)24)27(35)31-11-8-17-13-20(6-4-19(17)16-31)30-26(34)22-15-29-25-3-1-2-10-32(25)28(22)36/h1-3,5,7,10,14-15,17,19-20H,4,6,8-9,11-13,16H2,(H,30,34). The molecule has 4 heterocycles. The molecule has 1 aromatic carbocycles. The second kappa shape index (κ2) is 9.46. The molecular weight excluding hydrogens is 472 g/mol. The van der Waals surface area contributed by atoms with Crippen LogP contribution in [0.1, 0.15) is 63.2 Å². The van der Waals surface area contributed by atoms with E-state index in [0.29, 0.717) is 60.5 Å². The first-order valence-electron chi connectivity index (χ1n) is 12.8. The summed E-state index contributed by atoms with van der Waals surface area (Å²) >= 11 is 0. The van der Waals surface area contributed by atoms with E-state index in [4.69, 9.17) is 4.74 Å². The number of nitrogens with one attached hydrogen (secondary N) is 1. The molecule has 2 aromatic heterocycles. The van der Waals surface area contributed by atoms with Crippen LogP contribution in [0.3, 0.4) is 0 Å². The first-order valence-corrected chi connectivity index (χ1v) is 12.8. The number of rotatable bonds is 3. The molecule has 3 unspecified atom stereocenters. The molecular formula is C28H28N4O5. The van der Waals surface area contributed by atoms with Crippen LogP contribution in [-0.2, 0) is 0 Å². The van der Waals surface area contributed by atoms with Crippen LogP contribution in [0.5, 0.6) is 5.75 Å². The minimum Gasteiger partial charge on any atom is -0.492 e. The number of carbonyl (C=O) groups is 3. The SMILES string of the molecule is O=C1CCOc2ccc(C(=O)N3CCC4CC(NC(=O)c5cnc6ccccn6c5=O)CCC4C3)cc21. The van der Waals surface area contributed by atoms with E-state index in [1.54, 1.807) is 42.6 Å². The predicted octanol–water partition coefficient (Wildman–Crippen LogP) is 2.72. The van der Waals surface area contributed by atoms with Crippen LogP contribution in [0.2, 0.25) is 0 Å². The highest BCUT2D eigenvalue weighted by atomic mass is 16.5. The summed E-state index contributed by atoms with van der Waals surface area (Å²) in [5, 5.41) is 3.05. The summed E-state index contributed by atoms with van der Waals surface area (Å²) in [4.78, 5) is 57.3. The highest BCUT2D eigenvalue weighted by Crippen LogP contribution is 2.37. The number of fused-ring (bicyclic) bond motifs is 3. The number of carbonyl (C=O) groups excluding carboxylic acids is 3. The summed E-state index contributed by atoms with van der Waals surface area (Å²) in [5.74, 6) is 0.877. The van der Waals surface area contributed by atoms with Crippen LogP contribution < -0.4 is 15.6 Å². The van der Waals surface area contributed by atoms with Crippen molar-refractivity contribution in [2.24, 2.45) is 11.8 Å². The topological polar surface area (TPSA) is 110 Å². The number of benzene rings is 1. The van der Waals surface area contributed by atoms with Gasteiger partial charge in [-0.25, -0.2) is 4.98 Å². The number of ketones is 1. The van der Waals surface area contributed by atoms with Crippen LogP contribution in [0.25, 0.3) is 5.65 Å². The Morgan fingerprint density at radius 1 is 1.05 bits per heavy atom. The van der Waals surface area contributed by atoms with Crippen LogP contribution >= 0.6 is 0 Å². The molecule has 1 saturated carbocycles. The Balaban J connectivity index is 1.08. The molecule has 3 aromatic rings. The van der Waals surface area contributed by atoms with Crippen molar-refractivity contribution in [1.29, 1.82) is 0 Å². The highest BCUT2D eigenvalue weighted by Gasteiger charge is 2.37. The minimum absolute atomic E-state index is 0.0112. The highest BCUT2D eigenvalue weighted by molar-refractivity contribution is 6.03. The molecule has 3 atom stereocenters. The molecule has 9 heteroatoms. The third-order valence-electron chi connectivity index (χ3n) is 7.96. The Morgan fingerprint density at radius 2 is 1.95 bits per heavy atom. The second-order valence-electron chi connectivity index (χ2n) is 10.2. The molecule has 0 spiro atoms. The lowest BCUT2D eigenvalue weighted by Gasteiger charge is -2.43. The van der Waals surface area contributed by atoms with E-state index in [9.17, 15) is 19.2 Å². The lowest BCUT2D eigenvalue weighted by molar-refractivity contribution is 0.0478. The van der Waals surface area contributed by atoms with Gasteiger partial charge in [-0.3, -0.25) is 23.6 Å². The van der Waals surface area contributed by atoms with Gasteiger partial charge in [0.25, 0.3) is 17.4 Å². The van der Waals surface area contributed by atoms with Gasteiger partial charge < -0.3 is 15.0 Å². The number of ether oxygens (including phenoxy) is 1. The zero-order valence-corrected chi connectivity index (χ0v) is 20.4. The quantitative estimate of drug-likeness (QED) is 0.592. The number of amides is 2. The maximum Gasteiger partial charge on any atom is 0.270 e. The van der Waals surface area contributed by atoms with Crippen LogP contribution in [0, 0.1) is 11.8 Å². The summed E-state index contributed by atoms with van der Waals surface area (Å²) in [5.41, 5.74) is 1.18. The molecule has 9 nitrogen and oxygen atoms in total. The van der Waals surface area contributed by atoms with Crippen molar-refractivity contribution in [2.75, 3.05) is 19.7 Å². The lowest BCUT2D eigenvalue weighted by Crippen LogP contribution is -2.49. The number of aromatic nitrogens is 2. The van der Waals surface area contributed by atoms with Crippen molar-refractivity contribution in [2.45, 2.75) is 38.1 Å². The normalized spacial score (nSPS) is 23.1. The maximum atomic E-state index is 13.2. The molecule has 3 aliphatic rings. The summed E-state index contributed by atoms with van der Waals surface area (Å²) in [6.07, 6.45) is 6.66. The molecule has 190 valence electrons. The van der Waals surface area contributed by atoms with E-state index >= 15 is 0 Å². The molecule has 6 rings (SSSR count). The first-order chi connectivity index (χ1) is 18.0. The van der Waals surface area contributed by atoms with Gasteiger partial charge in [0.05, 0.1) is 12.2 Å². The molecule has 0 radical (unpaired) electrons. The fraction of sp³-hybridized carbons (Fsp3) is 0.393. The Bertz CT molecular complexity index is 1460. The number of piperidine rings is 1. The van der Waals surface area contributed by atoms with Gasteiger partial charge >= 0.3 is 0 Å². The Morgan fingerprint density at radius 3 is 2.84 bits per heavy atom. The monoisotopic (exact) mass is 500 g/mol. The fourth-order valence-electron chi connectivity index (χ4n) is 5.96. The van der Waals surface area contributed by atoms with Crippen molar-refractivity contribution in [1.82, 2.24) is 19.6 Å². The minimum atomic E-state index is -0.391. The van der Waals surface area contributed by atoms with Crippen LogP contribution in [0.15, 0.2) is 53.6 Å². The number of pyridine rings is 1. The van der Waals surface area contributed by atoms with Gasteiger partial charge in [-0.1, -0.05) is 6.07 Å². The summed E-state index contributed by atoms with van der Waals surface area (Å²) in [6.45, 7) is 1.69. The summed E-state index contributed by atoms with van der Waals surface area (Å²) in [7, 11) is 0. The van der Waals surface area contributed by atoms with Crippen molar-refractivity contribution in [3.63, 3.8) is 0 Å². The molecule has 2 fully saturated rings. The molecule has 1 aliphatic carbocycles. The predicted molar refractivity (Wildman–Crippen MR) is 135 cm³/mol. The van der Waals surface area contributed by atoms with E-state index in [1.807, 2.05) is 4.90 Å². The zero-order valence-electron chi connectivity index (χ0n) is 20.4. The summed E-state index contributed by atoms with van der Waals surface area (Å²) in [6, 6.07) is 10.4. The van der Waals surface area contributed by atoms with E-state index < -0.39 is 5.91 Å². The van der Waals surface area contributed by atoms with Crippen molar-refractivity contribution in [3.05, 3.63) is 75.8 Å². The molecule has 0 bridgehead atoms. The number of likely N-dealkylation sites (tertiary alicyclic amines) is 1. The summed E-state index contributed by atoms with van der Waals surface area (Å²) < 4.78 is 6.92. The largest absolute Gasteiger partial charge is 0.492 e. The second-order valence-corrected chi connectivity index (χ2v) is 10.2. The van der Waals surface area contributed by atoms with Gasteiger partial charge in [0.15, 0.2) is 5.78 Å². The molecule has 2 amide bonds. The Labute approximate surface area is 213 Å². The maximum absolute atomic E-state index is 13.2. The van der Waals surface area contributed by atoms with Gasteiger partial charge in [0.1, 0.15) is 17.0 Å². The smallest absolute Gasteiger partial charge is 0.270 e. The zero-order chi connectivity index (χ0) is 25.5. The third kappa shape index (κ3) is 4.39. The molecule has 2 aliphatic heterocycles. The Kier molecular flexibility index (Phi) is 5.98. The van der Waals surface area contributed by atoms with Crippen LogP contribution in [-0.4, -0.2) is 57.6 Å². The van der Waals surface area contributed by atoms with E-state index in [1.165, 1.54) is 10.6 Å². The lowest BCUT2D eigenvalue weighted by atomic mass is 9.73. The number of hydrogen-bond acceptors (Lipinski definition) is 6. The number of nitrogens with zero attached hydrogens (tertiary/aromatic N) is 3. The van der Waals surface area contributed by atoms with Crippen molar-refractivity contribution >= 4 is 23.2 Å². The van der Waals surface area contributed by atoms with E-state index in [-0.39, 0.29) is 28.9 Å². The van der Waals surface area contributed by atoms with Crippen molar-refractivity contribution < 1.29 is 19.1 Å². The van der Waals surface area contributed by atoms with Gasteiger partial charge in [-0.2, -0.15) is 0 Å². The van der Waals surface area contributed by atoms with Gasteiger partial charge in [0, 0.05) is 43.5 Å². The number of hydrogen-bond donors (Lipinski definition) is 1. The van der Waals surface area contributed by atoms with Gasteiger partial charge in [-0.15, -0.1) is 0 Å². The Hall–Kier alpha value is -4.01. The number of Topliss-reactive ketones (excluding diaryl/α,β-unsaturated/α-hetero) is 1. The fourth-order valence-corrected chi connectivity index (χ4v) is 5.96. The average molecular weight is 501 g/mol. The first kappa shape index (κ1) is 23.4. The van der Waals surface area contributed by atoms with E-state index in [0.717, 1.165) is 25.7 Å². The van der Waals surface area contributed by atoms with Gasteiger partial charge in [0.2, 0.25) is 0 Å². The third-order valence-corrected chi connectivity index (χ3v) is 7.96. The average Bonchev–Trinajstić information content (AvgIpc) is 2.92. The van der Waals surface area contributed by atoms with Crippen molar-refractivity contribution in [3.8, 4) is 5.75 Å². The van der Waals surface area contributed by atoms with E-state index in [2.05, 4.69) is 10.3 Å². The molecule has 1 N–H and O–H groups in total. The van der Waals surface area contributed by atoms with Crippen LogP contribution in [0.4, 0.5) is 0 Å². The molecule has 1 saturated heterocycles. The molecule has 37 heavy (non-hydrogen) atoms. The van der Waals surface area contributed by atoms with Gasteiger partial charge in [-0.05, 0) is 67.9 Å².